The highest BCUT2D eigenvalue weighted by Crippen LogP contribution is 2.29. The molecule has 0 heterocycles. The van der Waals surface area contributed by atoms with Crippen molar-refractivity contribution in [2.45, 2.75) is 58.4 Å². The molecule has 0 spiro atoms. The van der Waals surface area contributed by atoms with Gasteiger partial charge < -0.3 is 10.1 Å². The van der Waals surface area contributed by atoms with Crippen molar-refractivity contribution in [2.75, 3.05) is 13.2 Å². The topological polar surface area (TPSA) is 21.3 Å². The van der Waals surface area contributed by atoms with Gasteiger partial charge in [0.05, 0.1) is 6.61 Å². The first-order valence-electron chi connectivity index (χ1n) is 8.36. The molecule has 1 fully saturated rings. The van der Waals surface area contributed by atoms with Gasteiger partial charge in [-0.25, -0.2) is 4.39 Å². The monoisotopic (exact) mass is 293 g/mol. The zero-order valence-electron chi connectivity index (χ0n) is 13.3. The van der Waals surface area contributed by atoms with Crippen LogP contribution in [0.2, 0.25) is 0 Å². The Morgan fingerprint density at radius 1 is 1.29 bits per heavy atom. The molecular weight excluding hydrogens is 265 g/mol. The summed E-state index contributed by atoms with van der Waals surface area (Å²) in [7, 11) is 0. The Kier molecular flexibility index (Phi) is 6.50. The van der Waals surface area contributed by atoms with Crippen LogP contribution in [0.3, 0.4) is 0 Å². The summed E-state index contributed by atoms with van der Waals surface area (Å²) in [5, 5.41) is 3.41. The minimum absolute atomic E-state index is 0.113. The van der Waals surface area contributed by atoms with Crippen LogP contribution in [-0.2, 0) is 0 Å². The van der Waals surface area contributed by atoms with Gasteiger partial charge in [0.1, 0.15) is 11.6 Å². The number of hydrogen-bond acceptors (Lipinski definition) is 2. The first kappa shape index (κ1) is 16.3. The van der Waals surface area contributed by atoms with Crippen LogP contribution in [-0.4, -0.2) is 13.2 Å². The quantitative estimate of drug-likeness (QED) is 0.776. The van der Waals surface area contributed by atoms with E-state index in [9.17, 15) is 4.39 Å². The molecule has 1 aromatic carbocycles. The van der Waals surface area contributed by atoms with Crippen molar-refractivity contribution in [3.05, 3.63) is 29.6 Å². The van der Waals surface area contributed by atoms with E-state index in [0.29, 0.717) is 5.92 Å². The second-order valence-electron chi connectivity index (χ2n) is 6.17. The summed E-state index contributed by atoms with van der Waals surface area (Å²) in [5.74, 6) is 1.30. The molecule has 21 heavy (non-hydrogen) atoms. The van der Waals surface area contributed by atoms with E-state index in [1.54, 1.807) is 12.1 Å². The van der Waals surface area contributed by atoms with E-state index in [4.69, 9.17) is 4.74 Å². The molecule has 118 valence electrons. The van der Waals surface area contributed by atoms with Crippen LogP contribution in [0.1, 0.15) is 64.0 Å². The van der Waals surface area contributed by atoms with E-state index >= 15 is 0 Å². The van der Waals surface area contributed by atoms with Crippen molar-refractivity contribution >= 4 is 0 Å². The van der Waals surface area contributed by atoms with Crippen molar-refractivity contribution < 1.29 is 9.13 Å². The molecule has 0 amide bonds. The number of ether oxygens (including phenoxy) is 1. The largest absolute Gasteiger partial charge is 0.493 e. The Labute approximate surface area is 128 Å². The summed E-state index contributed by atoms with van der Waals surface area (Å²) in [4.78, 5) is 0. The number of halogens is 1. The highest BCUT2D eigenvalue weighted by Gasteiger charge is 2.17. The molecule has 1 atom stereocenters. The standard InChI is InChI=1S/C18H28FNO/c1-3-11-20-14(2)17-12-16(19)9-10-18(17)21-13-15-7-5-4-6-8-15/h9-10,12,14-15,20H,3-8,11,13H2,1-2H3. The molecule has 0 aliphatic heterocycles. The van der Waals surface area contributed by atoms with Crippen molar-refractivity contribution in [1.82, 2.24) is 5.32 Å². The van der Waals surface area contributed by atoms with Crippen LogP contribution in [0.5, 0.6) is 5.75 Å². The summed E-state index contributed by atoms with van der Waals surface area (Å²) >= 11 is 0. The van der Waals surface area contributed by atoms with Crippen LogP contribution in [0.25, 0.3) is 0 Å². The second-order valence-corrected chi connectivity index (χ2v) is 6.17. The Bertz CT molecular complexity index is 429. The van der Waals surface area contributed by atoms with Gasteiger partial charge in [0.15, 0.2) is 0 Å². The molecule has 1 aliphatic carbocycles. The van der Waals surface area contributed by atoms with Crippen LogP contribution < -0.4 is 10.1 Å². The molecule has 1 N–H and O–H groups in total. The van der Waals surface area contributed by atoms with E-state index in [0.717, 1.165) is 30.9 Å². The lowest BCUT2D eigenvalue weighted by Crippen LogP contribution is -2.21. The molecule has 0 aromatic heterocycles. The fourth-order valence-electron chi connectivity index (χ4n) is 3.02. The summed E-state index contributed by atoms with van der Waals surface area (Å²) < 4.78 is 19.6. The zero-order chi connectivity index (χ0) is 15.1. The number of benzene rings is 1. The molecule has 0 radical (unpaired) electrons. The minimum Gasteiger partial charge on any atom is -0.493 e. The Morgan fingerprint density at radius 2 is 2.05 bits per heavy atom. The van der Waals surface area contributed by atoms with E-state index < -0.39 is 0 Å². The van der Waals surface area contributed by atoms with E-state index in [1.807, 2.05) is 0 Å². The zero-order valence-corrected chi connectivity index (χ0v) is 13.3. The maximum Gasteiger partial charge on any atom is 0.124 e. The molecule has 1 saturated carbocycles. The van der Waals surface area contributed by atoms with Gasteiger partial charge in [-0.2, -0.15) is 0 Å². The molecule has 1 aliphatic rings. The van der Waals surface area contributed by atoms with Crippen molar-refractivity contribution in [2.24, 2.45) is 5.92 Å². The Balaban J connectivity index is 1.99. The van der Waals surface area contributed by atoms with Crippen molar-refractivity contribution in [3.63, 3.8) is 0 Å². The van der Waals surface area contributed by atoms with Gasteiger partial charge >= 0.3 is 0 Å². The lowest BCUT2D eigenvalue weighted by molar-refractivity contribution is 0.206. The van der Waals surface area contributed by atoms with E-state index in [2.05, 4.69) is 19.2 Å². The van der Waals surface area contributed by atoms with Gasteiger partial charge in [-0.1, -0.05) is 26.2 Å². The van der Waals surface area contributed by atoms with Crippen LogP contribution in [0, 0.1) is 11.7 Å². The first-order valence-corrected chi connectivity index (χ1v) is 8.36. The first-order chi connectivity index (χ1) is 10.2. The summed E-state index contributed by atoms with van der Waals surface area (Å²) in [6.07, 6.45) is 7.59. The van der Waals surface area contributed by atoms with Gasteiger partial charge in [0.2, 0.25) is 0 Å². The maximum atomic E-state index is 13.5. The predicted octanol–water partition coefficient (Wildman–Crippen LogP) is 4.85. The smallest absolute Gasteiger partial charge is 0.124 e. The fourth-order valence-corrected chi connectivity index (χ4v) is 3.02. The van der Waals surface area contributed by atoms with Crippen molar-refractivity contribution in [3.8, 4) is 5.75 Å². The average Bonchev–Trinajstić information content (AvgIpc) is 2.52. The Morgan fingerprint density at radius 3 is 2.76 bits per heavy atom. The molecule has 1 aromatic rings. The van der Waals surface area contributed by atoms with Gasteiger partial charge in [-0.05, 0) is 56.8 Å². The highest BCUT2D eigenvalue weighted by atomic mass is 19.1. The average molecular weight is 293 g/mol. The predicted molar refractivity (Wildman–Crippen MR) is 85.2 cm³/mol. The molecule has 0 bridgehead atoms. The Hall–Kier alpha value is -1.09. The lowest BCUT2D eigenvalue weighted by atomic mass is 9.90. The normalized spacial score (nSPS) is 17.7. The summed E-state index contributed by atoms with van der Waals surface area (Å²) in [6, 6.07) is 4.98. The summed E-state index contributed by atoms with van der Waals surface area (Å²) in [5.41, 5.74) is 0.930. The van der Waals surface area contributed by atoms with E-state index in [1.165, 1.54) is 38.2 Å². The molecule has 3 heteroatoms. The highest BCUT2D eigenvalue weighted by molar-refractivity contribution is 5.36. The van der Waals surface area contributed by atoms with Crippen LogP contribution in [0.4, 0.5) is 4.39 Å². The van der Waals surface area contributed by atoms with E-state index in [-0.39, 0.29) is 11.9 Å². The minimum atomic E-state index is -0.194. The lowest BCUT2D eigenvalue weighted by Gasteiger charge is -2.24. The third-order valence-corrected chi connectivity index (χ3v) is 4.34. The molecule has 0 saturated heterocycles. The summed E-state index contributed by atoms with van der Waals surface area (Å²) in [6.45, 7) is 5.89. The second kappa shape index (κ2) is 8.38. The fraction of sp³-hybridized carbons (Fsp3) is 0.667. The van der Waals surface area contributed by atoms with Gasteiger partial charge in [0, 0.05) is 11.6 Å². The number of rotatable bonds is 7. The number of nitrogens with one attached hydrogen (secondary N) is 1. The third kappa shape index (κ3) is 4.99. The van der Waals surface area contributed by atoms with Gasteiger partial charge in [-0.3, -0.25) is 0 Å². The molecular formula is C18H28FNO. The molecule has 1 unspecified atom stereocenters. The SMILES string of the molecule is CCCNC(C)c1cc(F)ccc1OCC1CCCCC1. The van der Waals surface area contributed by atoms with Gasteiger partial charge in [-0.15, -0.1) is 0 Å². The maximum absolute atomic E-state index is 13.5. The number of hydrogen-bond donors (Lipinski definition) is 1. The molecule has 2 rings (SSSR count). The van der Waals surface area contributed by atoms with Gasteiger partial charge in [0.25, 0.3) is 0 Å². The van der Waals surface area contributed by atoms with Crippen LogP contribution in [0.15, 0.2) is 18.2 Å². The molecule has 2 nitrogen and oxygen atoms in total. The van der Waals surface area contributed by atoms with Crippen LogP contribution >= 0.6 is 0 Å². The van der Waals surface area contributed by atoms with Crippen molar-refractivity contribution in [1.29, 1.82) is 0 Å². The third-order valence-electron chi connectivity index (χ3n) is 4.34.